The normalized spacial score (nSPS) is 15.4. The lowest BCUT2D eigenvalue weighted by atomic mass is 10.1. The summed E-state index contributed by atoms with van der Waals surface area (Å²) >= 11 is 0. The van der Waals surface area contributed by atoms with E-state index in [1.165, 1.54) is 4.31 Å². The fourth-order valence-corrected chi connectivity index (χ4v) is 4.85. The number of ether oxygens (including phenoxy) is 1. The van der Waals surface area contributed by atoms with Gasteiger partial charge in [-0.25, -0.2) is 8.42 Å². The van der Waals surface area contributed by atoms with E-state index in [-0.39, 0.29) is 17.3 Å². The zero-order valence-electron chi connectivity index (χ0n) is 17.7. The van der Waals surface area contributed by atoms with Crippen molar-refractivity contribution in [1.29, 1.82) is 0 Å². The average molecular weight is 432 g/mol. The summed E-state index contributed by atoms with van der Waals surface area (Å²) < 4.78 is 32.5. The minimum Gasteiger partial charge on any atom is -0.497 e. The third kappa shape index (κ3) is 5.00. The predicted octanol–water partition coefficient (Wildman–Crippen LogP) is 2.29. The van der Waals surface area contributed by atoms with Crippen LogP contribution in [-0.4, -0.2) is 75.3 Å². The fourth-order valence-electron chi connectivity index (χ4n) is 3.41. The van der Waals surface area contributed by atoms with Crippen LogP contribution in [0.3, 0.4) is 0 Å². The van der Waals surface area contributed by atoms with E-state index in [0.29, 0.717) is 17.9 Å². The molecular formula is C22H29N3O4S. The fraction of sp³-hybridized carbons (Fsp3) is 0.409. The van der Waals surface area contributed by atoms with Gasteiger partial charge < -0.3 is 14.5 Å². The Bertz CT molecular complexity index is 951. The van der Waals surface area contributed by atoms with E-state index >= 15 is 0 Å². The molecule has 0 saturated carbocycles. The largest absolute Gasteiger partial charge is 0.497 e. The molecule has 0 spiro atoms. The van der Waals surface area contributed by atoms with Gasteiger partial charge in [-0.2, -0.15) is 4.31 Å². The van der Waals surface area contributed by atoms with Crippen molar-refractivity contribution in [1.82, 2.24) is 14.1 Å². The van der Waals surface area contributed by atoms with Crippen LogP contribution < -0.4 is 4.74 Å². The quantitative estimate of drug-likeness (QED) is 0.673. The van der Waals surface area contributed by atoms with E-state index in [1.54, 1.807) is 43.5 Å². The second-order valence-electron chi connectivity index (χ2n) is 7.40. The van der Waals surface area contributed by atoms with E-state index in [9.17, 15) is 13.2 Å². The van der Waals surface area contributed by atoms with Crippen LogP contribution in [0.4, 0.5) is 0 Å². The molecule has 8 heteroatoms. The number of rotatable bonds is 7. The molecule has 0 bridgehead atoms. The van der Waals surface area contributed by atoms with Crippen molar-refractivity contribution in [3.05, 3.63) is 59.7 Å². The molecule has 1 fully saturated rings. The van der Waals surface area contributed by atoms with Crippen LogP contribution in [0.25, 0.3) is 0 Å². The zero-order valence-corrected chi connectivity index (χ0v) is 18.6. The van der Waals surface area contributed by atoms with E-state index in [4.69, 9.17) is 4.74 Å². The van der Waals surface area contributed by atoms with Gasteiger partial charge in [0, 0.05) is 44.8 Å². The first-order valence-electron chi connectivity index (χ1n) is 10.1. The first-order valence-corrected chi connectivity index (χ1v) is 11.5. The summed E-state index contributed by atoms with van der Waals surface area (Å²) in [5, 5.41) is 0. The third-order valence-electron chi connectivity index (χ3n) is 5.40. The van der Waals surface area contributed by atoms with Crippen molar-refractivity contribution in [2.24, 2.45) is 0 Å². The van der Waals surface area contributed by atoms with E-state index in [0.717, 1.165) is 31.7 Å². The summed E-state index contributed by atoms with van der Waals surface area (Å²) in [6.07, 6.45) is 0. The van der Waals surface area contributed by atoms with Crippen LogP contribution >= 0.6 is 0 Å². The first kappa shape index (κ1) is 22.3. The number of amides is 1. The van der Waals surface area contributed by atoms with Gasteiger partial charge in [-0.15, -0.1) is 0 Å². The second-order valence-corrected chi connectivity index (χ2v) is 9.34. The van der Waals surface area contributed by atoms with Gasteiger partial charge in [0.1, 0.15) is 5.75 Å². The summed E-state index contributed by atoms with van der Waals surface area (Å²) in [5.41, 5.74) is 1.47. The molecule has 1 aliphatic rings. The standard InChI is InChI=1S/C22H29N3O4S/c1-4-25(30(27,28)21-11-9-20(29-3)10-12-21)17-18-5-7-19(8-6-18)22(26)24-15-13-23(2)14-16-24/h5-12H,4,13-17H2,1-3H3. The molecule has 1 amide bonds. The maximum atomic E-state index is 13.0. The molecule has 0 atom stereocenters. The number of benzene rings is 2. The van der Waals surface area contributed by atoms with Gasteiger partial charge in [-0.3, -0.25) is 4.79 Å². The molecule has 7 nitrogen and oxygen atoms in total. The highest BCUT2D eigenvalue weighted by atomic mass is 32.2. The highest BCUT2D eigenvalue weighted by Crippen LogP contribution is 2.21. The van der Waals surface area contributed by atoms with Crippen molar-refractivity contribution in [2.45, 2.75) is 18.4 Å². The number of hydrogen-bond acceptors (Lipinski definition) is 5. The monoisotopic (exact) mass is 431 g/mol. The number of likely N-dealkylation sites (N-methyl/N-ethyl adjacent to an activating group) is 1. The molecule has 1 saturated heterocycles. The van der Waals surface area contributed by atoms with E-state index in [2.05, 4.69) is 11.9 Å². The summed E-state index contributed by atoms with van der Waals surface area (Å²) in [6, 6.07) is 13.6. The Labute approximate surface area is 178 Å². The molecule has 0 radical (unpaired) electrons. The SMILES string of the molecule is CCN(Cc1ccc(C(=O)N2CCN(C)CC2)cc1)S(=O)(=O)c1ccc(OC)cc1. The molecule has 1 heterocycles. The van der Waals surface area contributed by atoms with Gasteiger partial charge in [0.2, 0.25) is 10.0 Å². The number of methoxy groups -OCH3 is 1. The Morgan fingerprint density at radius 1 is 1.00 bits per heavy atom. The van der Waals surface area contributed by atoms with Crippen LogP contribution in [0.15, 0.2) is 53.4 Å². The van der Waals surface area contributed by atoms with E-state index < -0.39 is 10.0 Å². The maximum absolute atomic E-state index is 13.0. The minimum atomic E-state index is -3.63. The molecule has 2 aromatic rings. The molecule has 30 heavy (non-hydrogen) atoms. The second kappa shape index (κ2) is 9.59. The Hall–Kier alpha value is -2.42. The van der Waals surface area contributed by atoms with Crippen LogP contribution in [-0.2, 0) is 16.6 Å². The number of piperazine rings is 1. The van der Waals surface area contributed by atoms with Crippen LogP contribution in [0.5, 0.6) is 5.75 Å². The molecule has 0 unspecified atom stereocenters. The smallest absolute Gasteiger partial charge is 0.253 e. The number of nitrogens with zero attached hydrogens (tertiary/aromatic N) is 3. The van der Waals surface area contributed by atoms with Gasteiger partial charge in [0.05, 0.1) is 12.0 Å². The van der Waals surface area contributed by atoms with Crippen LogP contribution in [0.2, 0.25) is 0 Å². The lowest BCUT2D eigenvalue weighted by Crippen LogP contribution is -2.47. The summed E-state index contributed by atoms with van der Waals surface area (Å²) in [4.78, 5) is 17.0. The van der Waals surface area contributed by atoms with Crippen molar-refractivity contribution < 1.29 is 17.9 Å². The molecular weight excluding hydrogens is 402 g/mol. The molecule has 2 aromatic carbocycles. The predicted molar refractivity (Wildman–Crippen MR) is 116 cm³/mol. The number of sulfonamides is 1. The summed E-state index contributed by atoms with van der Waals surface area (Å²) in [5.74, 6) is 0.630. The molecule has 3 rings (SSSR count). The first-order chi connectivity index (χ1) is 14.3. The van der Waals surface area contributed by atoms with Crippen molar-refractivity contribution in [3.8, 4) is 5.75 Å². The number of hydrogen-bond donors (Lipinski definition) is 0. The Balaban J connectivity index is 1.70. The number of carbonyl (C=O) groups is 1. The van der Waals surface area contributed by atoms with Gasteiger partial charge in [-0.1, -0.05) is 19.1 Å². The van der Waals surface area contributed by atoms with Crippen molar-refractivity contribution in [2.75, 3.05) is 46.9 Å². The Morgan fingerprint density at radius 3 is 2.13 bits per heavy atom. The van der Waals surface area contributed by atoms with Gasteiger partial charge in [-0.05, 0) is 49.0 Å². The molecule has 1 aliphatic heterocycles. The van der Waals surface area contributed by atoms with Gasteiger partial charge in [0.25, 0.3) is 5.91 Å². The Kier molecular flexibility index (Phi) is 7.12. The zero-order chi connectivity index (χ0) is 21.7. The topological polar surface area (TPSA) is 70.2 Å². The maximum Gasteiger partial charge on any atom is 0.253 e. The third-order valence-corrected chi connectivity index (χ3v) is 7.34. The molecule has 0 N–H and O–H groups in total. The molecule has 0 aromatic heterocycles. The summed E-state index contributed by atoms with van der Waals surface area (Å²) in [7, 11) is -0.0318. The summed E-state index contributed by atoms with van der Waals surface area (Å²) in [6.45, 7) is 5.59. The van der Waals surface area contributed by atoms with Crippen LogP contribution in [0, 0.1) is 0 Å². The Morgan fingerprint density at radius 2 is 1.60 bits per heavy atom. The highest BCUT2D eigenvalue weighted by Gasteiger charge is 2.24. The van der Waals surface area contributed by atoms with E-state index in [1.807, 2.05) is 24.0 Å². The number of carbonyl (C=O) groups excluding carboxylic acids is 1. The lowest BCUT2D eigenvalue weighted by Gasteiger charge is -2.32. The highest BCUT2D eigenvalue weighted by molar-refractivity contribution is 7.89. The van der Waals surface area contributed by atoms with Gasteiger partial charge >= 0.3 is 0 Å². The molecule has 0 aliphatic carbocycles. The average Bonchev–Trinajstić information content (AvgIpc) is 2.77. The van der Waals surface area contributed by atoms with Crippen molar-refractivity contribution in [3.63, 3.8) is 0 Å². The molecule has 162 valence electrons. The van der Waals surface area contributed by atoms with Crippen LogP contribution in [0.1, 0.15) is 22.8 Å². The lowest BCUT2D eigenvalue weighted by molar-refractivity contribution is 0.0664. The van der Waals surface area contributed by atoms with Gasteiger partial charge in [0.15, 0.2) is 0 Å². The van der Waals surface area contributed by atoms with Crippen molar-refractivity contribution >= 4 is 15.9 Å². The minimum absolute atomic E-state index is 0.0212.